The van der Waals surface area contributed by atoms with E-state index in [2.05, 4.69) is 0 Å². The van der Waals surface area contributed by atoms with Crippen molar-refractivity contribution in [2.45, 2.75) is 6.18 Å². The van der Waals surface area contributed by atoms with Crippen molar-refractivity contribution in [1.82, 2.24) is 5.32 Å². The zero-order chi connectivity index (χ0) is 11.4. The van der Waals surface area contributed by atoms with Gasteiger partial charge >= 0.3 is 12.1 Å². The molecule has 0 aliphatic heterocycles. The van der Waals surface area contributed by atoms with E-state index >= 15 is 0 Å². The second kappa shape index (κ2) is 4.80. The molecule has 0 heterocycles. The molecule has 0 saturated carbocycles. The van der Waals surface area contributed by atoms with Crippen molar-refractivity contribution in [2.24, 2.45) is 11.7 Å². The van der Waals surface area contributed by atoms with Crippen LogP contribution < -0.4 is 11.1 Å². The van der Waals surface area contributed by atoms with Gasteiger partial charge in [-0.15, -0.1) is 0 Å². The Balaban J connectivity index is 4.26. The van der Waals surface area contributed by atoms with Gasteiger partial charge in [-0.3, -0.25) is 9.59 Å². The lowest BCUT2D eigenvalue weighted by Gasteiger charge is -2.16. The number of nitrogens with two attached hydrogens (primary N) is 1. The van der Waals surface area contributed by atoms with E-state index in [0.717, 1.165) is 0 Å². The van der Waals surface area contributed by atoms with E-state index in [0.29, 0.717) is 0 Å². The molecule has 1 atom stereocenters. The Hall–Kier alpha value is -1.31. The molecular weight excluding hydrogens is 205 g/mol. The summed E-state index contributed by atoms with van der Waals surface area (Å²) in [5.41, 5.74) is 4.74. The predicted molar refractivity (Wildman–Crippen MR) is 39.2 cm³/mol. The Morgan fingerprint density at radius 2 is 1.93 bits per heavy atom. The molecule has 1 unspecified atom stereocenters. The van der Waals surface area contributed by atoms with Gasteiger partial charge in [0, 0.05) is 6.54 Å². The van der Waals surface area contributed by atoms with Gasteiger partial charge in [0.15, 0.2) is 0 Å². The first-order valence-corrected chi connectivity index (χ1v) is 3.55. The van der Waals surface area contributed by atoms with E-state index in [-0.39, 0.29) is 0 Å². The number of hydrogen-bond donors (Lipinski definition) is 3. The highest BCUT2D eigenvalue weighted by Crippen LogP contribution is 2.25. The molecule has 0 aliphatic rings. The Kier molecular flexibility index (Phi) is 4.35. The number of rotatable bonds is 4. The number of carbonyl (C=O) groups excluding carboxylic acids is 1. The summed E-state index contributed by atoms with van der Waals surface area (Å²) >= 11 is 0. The van der Waals surface area contributed by atoms with Crippen LogP contribution in [0.5, 0.6) is 0 Å². The van der Waals surface area contributed by atoms with E-state index in [4.69, 9.17) is 10.8 Å². The fraction of sp³-hybridized carbons (Fsp3) is 0.667. The van der Waals surface area contributed by atoms with E-state index in [1.165, 1.54) is 0 Å². The molecule has 0 aromatic carbocycles. The van der Waals surface area contributed by atoms with Crippen LogP contribution in [0.1, 0.15) is 0 Å². The number of carboxylic acid groups (broad SMARTS) is 1. The molecule has 82 valence electrons. The standard InChI is InChI=1S/C6H9F3N2O3/c7-6(8,9)3(1-10)5(14)11-2-4(12)13/h3H,1-2,10H2,(H,11,14)(H,12,13). The first kappa shape index (κ1) is 12.7. The summed E-state index contributed by atoms with van der Waals surface area (Å²) in [7, 11) is 0. The van der Waals surface area contributed by atoms with E-state index in [1.54, 1.807) is 5.32 Å². The Labute approximate surface area is 77.1 Å². The molecule has 0 spiro atoms. The van der Waals surface area contributed by atoms with E-state index in [9.17, 15) is 22.8 Å². The van der Waals surface area contributed by atoms with E-state index in [1.807, 2.05) is 0 Å². The van der Waals surface area contributed by atoms with Crippen LogP contribution in [0.15, 0.2) is 0 Å². The number of hydrogen-bond acceptors (Lipinski definition) is 3. The van der Waals surface area contributed by atoms with Crippen molar-refractivity contribution in [3.05, 3.63) is 0 Å². The second-order valence-corrected chi connectivity index (χ2v) is 2.44. The molecule has 5 nitrogen and oxygen atoms in total. The molecule has 0 aromatic rings. The van der Waals surface area contributed by atoms with Gasteiger partial charge in [-0.05, 0) is 0 Å². The van der Waals surface area contributed by atoms with Crippen LogP contribution in [-0.2, 0) is 9.59 Å². The molecule has 0 fully saturated rings. The van der Waals surface area contributed by atoms with Gasteiger partial charge in [-0.1, -0.05) is 0 Å². The highest BCUT2D eigenvalue weighted by Gasteiger charge is 2.43. The lowest BCUT2D eigenvalue weighted by Crippen LogP contribution is -2.45. The number of halogens is 3. The van der Waals surface area contributed by atoms with Crippen LogP contribution in [0.2, 0.25) is 0 Å². The molecule has 4 N–H and O–H groups in total. The lowest BCUT2D eigenvalue weighted by atomic mass is 10.1. The highest BCUT2D eigenvalue weighted by atomic mass is 19.4. The normalized spacial score (nSPS) is 13.4. The van der Waals surface area contributed by atoms with Gasteiger partial charge in [0.25, 0.3) is 0 Å². The maximum absolute atomic E-state index is 12.0. The fourth-order valence-corrected chi connectivity index (χ4v) is 0.675. The molecule has 1 amide bonds. The van der Waals surface area contributed by atoms with Gasteiger partial charge in [0.2, 0.25) is 5.91 Å². The van der Waals surface area contributed by atoms with Crippen LogP contribution in [0.4, 0.5) is 13.2 Å². The van der Waals surface area contributed by atoms with E-state index < -0.39 is 37.1 Å². The first-order chi connectivity index (χ1) is 6.29. The van der Waals surface area contributed by atoms with Crippen LogP contribution in [0.25, 0.3) is 0 Å². The maximum atomic E-state index is 12.0. The summed E-state index contributed by atoms with van der Waals surface area (Å²) in [5.74, 6) is -5.21. The minimum Gasteiger partial charge on any atom is -0.480 e. The third kappa shape index (κ3) is 4.08. The SMILES string of the molecule is NCC(C(=O)NCC(=O)O)C(F)(F)F. The van der Waals surface area contributed by atoms with Gasteiger partial charge in [0.1, 0.15) is 12.5 Å². The van der Waals surface area contributed by atoms with Crippen molar-refractivity contribution in [3.63, 3.8) is 0 Å². The van der Waals surface area contributed by atoms with Crippen molar-refractivity contribution in [3.8, 4) is 0 Å². The largest absolute Gasteiger partial charge is 0.480 e. The summed E-state index contributed by atoms with van der Waals surface area (Å²) in [4.78, 5) is 20.7. The number of alkyl halides is 3. The van der Waals surface area contributed by atoms with Gasteiger partial charge in [0.05, 0.1) is 0 Å². The van der Waals surface area contributed by atoms with Crippen LogP contribution >= 0.6 is 0 Å². The van der Waals surface area contributed by atoms with Crippen LogP contribution in [0, 0.1) is 5.92 Å². The Morgan fingerprint density at radius 3 is 2.21 bits per heavy atom. The second-order valence-electron chi connectivity index (χ2n) is 2.44. The average molecular weight is 214 g/mol. The predicted octanol–water partition coefficient (Wildman–Crippen LogP) is -0.676. The monoisotopic (exact) mass is 214 g/mol. The lowest BCUT2D eigenvalue weighted by molar-refractivity contribution is -0.180. The van der Waals surface area contributed by atoms with Gasteiger partial charge in [-0.25, -0.2) is 0 Å². The number of nitrogens with one attached hydrogen (secondary N) is 1. The first-order valence-electron chi connectivity index (χ1n) is 3.55. The summed E-state index contributed by atoms with van der Waals surface area (Å²) < 4.78 is 36.0. The summed E-state index contributed by atoms with van der Waals surface area (Å²) in [6.45, 7) is -1.76. The molecule has 0 radical (unpaired) electrons. The smallest absolute Gasteiger partial charge is 0.401 e. The topological polar surface area (TPSA) is 92.4 Å². The molecule has 0 aliphatic carbocycles. The number of carboxylic acids is 1. The zero-order valence-corrected chi connectivity index (χ0v) is 6.97. The summed E-state index contributed by atoms with van der Waals surface area (Å²) in [6.07, 6.45) is -4.75. The van der Waals surface area contributed by atoms with Crippen molar-refractivity contribution in [1.29, 1.82) is 0 Å². The zero-order valence-electron chi connectivity index (χ0n) is 6.97. The third-order valence-corrected chi connectivity index (χ3v) is 1.36. The average Bonchev–Trinajstić information content (AvgIpc) is 1.99. The fourth-order valence-electron chi connectivity index (χ4n) is 0.675. The maximum Gasteiger partial charge on any atom is 0.401 e. The molecule has 8 heteroatoms. The van der Waals surface area contributed by atoms with Crippen molar-refractivity contribution in [2.75, 3.05) is 13.1 Å². The molecular formula is C6H9F3N2O3. The van der Waals surface area contributed by atoms with Crippen molar-refractivity contribution >= 4 is 11.9 Å². The molecule has 0 bridgehead atoms. The number of aliphatic carboxylic acids is 1. The van der Waals surface area contributed by atoms with Crippen molar-refractivity contribution < 1.29 is 27.9 Å². The Bertz CT molecular complexity index is 229. The Morgan fingerprint density at radius 1 is 1.43 bits per heavy atom. The molecule has 14 heavy (non-hydrogen) atoms. The molecule has 0 rings (SSSR count). The molecule has 0 saturated heterocycles. The van der Waals surface area contributed by atoms with Crippen LogP contribution in [-0.4, -0.2) is 36.2 Å². The number of amides is 1. The van der Waals surface area contributed by atoms with Crippen LogP contribution in [0.3, 0.4) is 0 Å². The quantitative estimate of drug-likeness (QED) is 0.578. The minimum atomic E-state index is -4.75. The highest BCUT2D eigenvalue weighted by molar-refractivity contribution is 5.83. The summed E-state index contributed by atoms with van der Waals surface area (Å²) in [6, 6.07) is 0. The van der Waals surface area contributed by atoms with Gasteiger partial charge in [-0.2, -0.15) is 13.2 Å². The minimum absolute atomic E-state index is 0.856. The summed E-state index contributed by atoms with van der Waals surface area (Å²) in [5, 5.41) is 9.69. The third-order valence-electron chi connectivity index (χ3n) is 1.36. The molecule has 0 aromatic heterocycles. The number of carbonyl (C=O) groups is 2. The van der Waals surface area contributed by atoms with Gasteiger partial charge < -0.3 is 16.2 Å².